The summed E-state index contributed by atoms with van der Waals surface area (Å²) in [6, 6.07) is 6.33. The van der Waals surface area contributed by atoms with Crippen LogP contribution in [-0.2, 0) is 11.2 Å². The van der Waals surface area contributed by atoms with Gasteiger partial charge in [0.15, 0.2) is 5.82 Å². The Morgan fingerprint density at radius 3 is 2.56 bits per heavy atom. The van der Waals surface area contributed by atoms with E-state index in [1.807, 2.05) is 13.0 Å². The van der Waals surface area contributed by atoms with Crippen LogP contribution in [0.5, 0.6) is 0 Å². The van der Waals surface area contributed by atoms with Crippen molar-refractivity contribution in [2.45, 2.75) is 32.6 Å². The summed E-state index contributed by atoms with van der Waals surface area (Å²) in [6.45, 7) is 8.32. The molecule has 27 heavy (non-hydrogen) atoms. The molecule has 3 rings (SSSR count). The van der Waals surface area contributed by atoms with Crippen molar-refractivity contribution in [2.24, 2.45) is 0 Å². The molecule has 1 amide bonds. The molecule has 0 bridgehead atoms. The summed E-state index contributed by atoms with van der Waals surface area (Å²) in [5, 5.41) is -0.511. The first-order valence-electron chi connectivity index (χ1n) is 9.22. The number of aromatic nitrogens is 2. The minimum atomic E-state index is -0.511. The van der Waals surface area contributed by atoms with Gasteiger partial charge in [0.1, 0.15) is 17.0 Å². The van der Waals surface area contributed by atoms with Gasteiger partial charge in [-0.05, 0) is 32.4 Å². The third-order valence-electron chi connectivity index (χ3n) is 4.86. The zero-order chi connectivity index (χ0) is 19.6. The van der Waals surface area contributed by atoms with Crippen LogP contribution in [0.15, 0.2) is 24.3 Å². The predicted octanol–water partition coefficient (Wildman–Crippen LogP) is 3.43. The largest absolute Gasteiger partial charge is 0.353 e. The van der Waals surface area contributed by atoms with Crippen LogP contribution in [0, 0.1) is 12.7 Å². The molecule has 0 radical (unpaired) electrons. The number of amides is 1. The fourth-order valence-corrected chi connectivity index (χ4v) is 3.54. The van der Waals surface area contributed by atoms with E-state index in [0.717, 1.165) is 23.5 Å². The second-order valence-electron chi connectivity index (χ2n) is 6.73. The maximum Gasteiger partial charge on any atom is 0.240 e. The van der Waals surface area contributed by atoms with Crippen molar-refractivity contribution in [3.63, 3.8) is 0 Å². The van der Waals surface area contributed by atoms with E-state index in [0.29, 0.717) is 37.6 Å². The number of aryl methyl sites for hydroxylation is 1. The first-order valence-corrected chi connectivity index (χ1v) is 9.65. The average molecular weight is 391 g/mol. The molecule has 0 saturated carbocycles. The summed E-state index contributed by atoms with van der Waals surface area (Å²) in [5.41, 5.74) is 2.64. The number of benzene rings is 1. The molecule has 2 aromatic rings. The van der Waals surface area contributed by atoms with Crippen LogP contribution in [0.1, 0.15) is 25.1 Å². The van der Waals surface area contributed by atoms with Crippen molar-refractivity contribution in [1.29, 1.82) is 0 Å². The Balaban J connectivity index is 1.90. The summed E-state index contributed by atoms with van der Waals surface area (Å²) in [5.74, 6) is 1.05. The van der Waals surface area contributed by atoms with Crippen LogP contribution in [0.2, 0.25) is 0 Å². The number of hydrogen-bond acceptors (Lipinski definition) is 4. The molecule has 2 heterocycles. The highest BCUT2D eigenvalue weighted by molar-refractivity contribution is 6.30. The normalized spacial score (nSPS) is 15.7. The number of carbonyl (C=O) groups excluding carboxylic acids is 1. The van der Waals surface area contributed by atoms with Gasteiger partial charge in [0.05, 0.1) is 0 Å². The summed E-state index contributed by atoms with van der Waals surface area (Å²) in [4.78, 5) is 25.4. The number of piperazine rings is 1. The van der Waals surface area contributed by atoms with Gasteiger partial charge in [0.2, 0.25) is 5.91 Å². The Labute approximate surface area is 164 Å². The number of carbonyl (C=O) groups is 1. The van der Waals surface area contributed by atoms with E-state index in [1.54, 1.807) is 17.9 Å². The lowest BCUT2D eigenvalue weighted by Crippen LogP contribution is -2.51. The summed E-state index contributed by atoms with van der Waals surface area (Å²) in [6.07, 6.45) is 0.808. The number of rotatable bonds is 4. The Bertz CT molecular complexity index is 835. The third kappa shape index (κ3) is 4.21. The van der Waals surface area contributed by atoms with Gasteiger partial charge < -0.3 is 9.80 Å². The lowest BCUT2D eigenvalue weighted by Gasteiger charge is -2.37. The molecular weight excluding hydrogens is 367 g/mol. The van der Waals surface area contributed by atoms with Crippen molar-refractivity contribution in [3.05, 3.63) is 41.3 Å². The SMILES string of the molecule is CCc1c(C)nc(-c2cccc(F)c2)nc1N1CCN(C(=O)[C@H](C)Cl)CC1. The van der Waals surface area contributed by atoms with Gasteiger partial charge in [0, 0.05) is 43.0 Å². The maximum atomic E-state index is 13.6. The smallest absolute Gasteiger partial charge is 0.240 e. The number of anilines is 1. The molecular formula is C20H24ClFN4O. The summed E-state index contributed by atoms with van der Waals surface area (Å²) < 4.78 is 13.6. The van der Waals surface area contributed by atoms with Gasteiger partial charge in [-0.25, -0.2) is 14.4 Å². The molecule has 1 saturated heterocycles. The second-order valence-corrected chi connectivity index (χ2v) is 7.38. The topological polar surface area (TPSA) is 49.3 Å². The highest BCUT2D eigenvalue weighted by atomic mass is 35.5. The fraction of sp³-hybridized carbons (Fsp3) is 0.450. The van der Waals surface area contributed by atoms with E-state index in [2.05, 4.69) is 16.8 Å². The predicted molar refractivity (Wildman–Crippen MR) is 106 cm³/mol. The molecule has 0 spiro atoms. The molecule has 0 N–H and O–H groups in total. The first-order chi connectivity index (χ1) is 12.9. The van der Waals surface area contributed by atoms with E-state index < -0.39 is 5.38 Å². The van der Waals surface area contributed by atoms with Crippen LogP contribution in [0.4, 0.5) is 10.2 Å². The standard InChI is InChI=1S/C20H24ClFN4O/c1-4-17-14(3)23-18(15-6-5-7-16(22)12-15)24-19(17)25-8-10-26(11-9-25)20(27)13(2)21/h5-7,12-13H,4,8-11H2,1-3H3/t13-/m0/s1. The Kier molecular flexibility index (Phi) is 5.95. The van der Waals surface area contributed by atoms with Crippen molar-refractivity contribution in [1.82, 2.24) is 14.9 Å². The Morgan fingerprint density at radius 2 is 1.96 bits per heavy atom. The molecule has 0 aliphatic carbocycles. The Morgan fingerprint density at radius 1 is 1.26 bits per heavy atom. The molecule has 0 unspecified atom stereocenters. The quantitative estimate of drug-likeness (QED) is 0.750. The van der Waals surface area contributed by atoms with E-state index in [9.17, 15) is 9.18 Å². The highest BCUT2D eigenvalue weighted by Crippen LogP contribution is 2.27. The van der Waals surface area contributed by atoms with Crippen LogP contribution < -0.4 is 4.90 Å². The van der Waals surface area contributed by atoms with Crippen molar-refractivity contribution >= 4 is 23.3 Å². The summed E-state index contributed by atoms with van der Waals surface area (Å²) in [7, 11) is 0. The molecule has 1 aromatic carbocycles. The average Bonchev–Trinajstić information content (AvgIpc) is 2.66. The molecule has 1 aliphatic rings. The van der Waals surface area contributed by atoms with Gasteiger partial charge in [-0.3, -0.25) is 4.79 Å². The van der Waals surface area contributed by atoms with Gasteiger partial charge in [-0.2, -0.15) is 0 Å². The molecule has 1 aliphatic heterocycles. The molecule has 1 fully saturated rings. The number of halogens is 2. The van der Waals surface area contributed by atoms with E-state index in [-0.39, 0.29) is 11.7 Å². The van der Waals surface area contributed by atoms with Crippen molar-refractivity contribution in [3.8, 4) is 11.4 Å². The minimum absolute atomic E-state index is 0.0358. The van der Waals surface area contributed by atoms with E-state index in [4.69, 9.17) is 16.6 Å². The fourth-order valence-electron chi connectivity index (χ4n) is 3.40. The molecule has 144 valence electrons. The van der Waals surface area contributed by atoms with Crippen molar-refractivity contribution < 1.29 is 9.18 Å². The molecule has 7 heteroatoms. The molecule has 5 nitrogen and oxygen atoms in total. The summed E-state index contributed by atoms with van der Waals surface area (Å²) >= 11 is 5.93. The van der Waals surface area contributed by atoms with Crippen LogP contribution in [0.3, 0.4) is 0 Å². The van der Waals surface area contributed by atoms with E-state index in [1.165, 1.54) is 12.1 Å². The molecule has 1 aromatic heterocycles. The number of alkyl halides is 1. The lowest BCUT2D eigenvalue weighted by molar-refractivity contribution is -0.130. The van der Waals surface area contributed by atoms with Crippen LogP contribution in [-0.4, -0.2) is 52.3 Å². The monoisotopic (exact) mass is 390 g/mol. The highest BCUT2D eigenvalue weighted by Gasteiger charge is 2.26. The first kappa shape index (κ1) is 19.5. The second kappa shape index (κ2) is 8.21. The number of hydrogen-bond donors (Lipinski definition) is 0. The number of nitrogens with zero attached hydrogens (tertiary/aromatic N) is 4. The van der Waals surface area contributed by atoms with E-state index >= 15 is 0 Å². The molecule has 1 atom stereocenters. The lowest BCUT2D eigenvalue weighted by atomic mass is 10.1. The van der Waals surface area contributed by atoms with Gasteiger partial charge in [-0.1, -0.05) is 19.1 Å². The zero-order valence-corrected chi connectivity index (χ0v) is 16.6. The maximum absolute atomic E-state index is 13.6. The van der Waals surface area contributed by atoms with Gasteiger partial charge >= 0.3 is 0 Å². The van der Waals surface area contributed by atoms with Gasteiger partial charge in [-0.15, -0.1) is 11.6 Å². The van der Waals surface area contributed by atoms with Crippen molar-refractivity contribution in [2.75, 3.05) is 31.1 Å². The zero-order valence-electron chi connectivity index (χ0n) is 15.9. The van der Waals surface area contributed by atoms with Crippen LogP contribution in [0.25, 0.3) is 11.4 Å². The van der Waals surface area contributed by atoms with Gasteiger partial charge in [0.25, 0.3) is 0 Å². The Hall–Kier alpha value is -2.21. The minimum Gasteiger partial charge on any atom is -0.353 e. The van der Waals surface area contributed by atoms with Crippen LogP contribution >= 0.6 is 11.6 Å². The third-order valence-corrected chi connectivity index (χ3v) is 5.05.